The van der Waals surface area contributed by atoms with Crippen LogP contribution in [0.5, 0.6) is 0 Å². The van der Waals surface area contributed by atoms with Crippen molar-refractivity contribution in [1.82, 2.24) is 0 Å². The molecule has 14 heavy (non-hydrogen) atoms. The number of benzene rings is 1. The van der Waals surface area contributed by atoms with Crippen molar-refractivity contribution in [3.05, 3.63) is 34.9 Å². The van der Waals surface area contributed by atoms with Crippen LogP contribution >= 0.6 is 0 Å². The lowest BCUT2D eigenvalue weighted by Crippen LogP contribution is -2.12. The third-order valence-electron chi connectivity index (χ3n) is 3.11. The molecule has 0 heterocycles. The highest BCUT2D eigenvalue weighted by Crippen LogP contribution is 2.37. The van der Waals surface area contributed by atoms with Crippen LogP contribution in [0.4, 0.5) is 0 Å². The Bertz CT molecular complexity index is 326. The van der Waals surface area contributed by atoms with Gasteiger partial charge in [-0.25, -0.2) is 0 Å². The Labute approximate surface area is 86.3 Å². The number of rotatable bonds is 3. The van der Waals surface area contributed by atoms with Crippen molar-refractivity contribution >= 4 is 0 Å². The van der Waals surface area contributed by atoms with Gasteiger partial charge in [0.15, 0.2) is 0 Å². The monoisotopic (exact) mass is 189 g/mol. The van der Waals surface area contributed by atoms with E-state index in [2.05, 4.69) is 32.0 Å². The molecule has 1 nitrogen and oxygen atoms in total. The van der Waals surface area contributed by atoms with Crippen molar-refractivity contribution in [2.24, 2.45) is 11.7 Å². The SMILES string of the molecule is Cc1ccc(C(N)CC2CC2)c(C)c1. The molecule has 76 valence electrons. The van der Waals surface area contributed by atoms with Gasteiger partial charge in [0.2, 0.25) is 0 Å². The number of hydrogen-bond donors (Lipinski definition) is 1. The second-order valence-corrected chi connectivity index (χ2v) is 4.65. The smallest absolute Gasteiger partial charge is 0.0300 e. The summed E-state index contributed by atoms with van der Waals surface area (Å²) in [5.41, 5.74) is 10.2. The summed E-state index contributed by atoms with van der Waals surface area (Å²) in [6.45, 7) is 4.29. The highest BCUT2D eigenvalue weighted by atomic mass is 14.6. The zero-order chi connectivity index (χ0) is 10.1. The Morgan fingerprint density at radius 1 is 1.36 bits per heavy atom. The Hall–Kier alpha value is -0.820. The molecule has 0 radical (unpaired) electrons. The number of hydrogen-bond acceptors (Lipinski definition) is 1. The zero-order valence-electron chi connectivity index (χ0n) is 9.09. The highest BCUT2D eigenvalue weighted by molar-refractivity contribution is 5.32. The second-order valence-electron chi connectivity index (χ2n) is 4.65. The molecule has 1 aliphatic rings. The predicted molar refractivity (Wildman–Crippen MR) is 60.2 cm³/mol. The first kappa shape index (κ1) is 9.72. The first-order valence-electron chi connectivity index (χ1n) is 5.49. The molecule has 2 rings (SSSR count). The van der Waals surface area contributed by atoms with Crippen molar-refractivity contribution in [3.8, 4) is 0 Å². The van der Waals surface area contributed by atoms with E-state index in [1.807, 2.05) is 0 Å². The predicted octanol–water partition coefficient (Wildman–Crippen LogP) is 3.10. The molecule has 0 amide bonds. The molecule has 1 atom stereocenters. The third-order valence-corrected chi connectivity index (χ3v) is 3.11. The van der Waals surface area contributed by atoms with E-state index in [4.69, 9.17) is 5.73 Å². The van der Waals surface area contributed by atoms with Crippen LogP contribution in [0.25, 0.3) is 0 Å². The van der Waals surface area contributed by atoms with Gasteiger partial charge in [0.1, 0.15) is 0 Å². The lowest BCUT2D eigenvalue weighted by Gasteiger charge is -2.14. The first-order valence-corrected chi connectivity index (χ1v) is 5.49. The van der Waals surface area contributed by atoms with Crippen LogP contribution in [0.1, 0.15) is 42.0 Å². The maximum absolute atomic E-state index is 6.19. The van der Waals surface area contributed by atoms with Crippen LogP contribution in [-0.2, 0) is 0 Å². The van der Waals surface area contributed by atoms with Gasteiger partial charge < -0.3 is 5.73 Å². The fraction of sp³-hybridized carbons (Fsp3) is 0.538. The van der Waals surface area contributed by atoms with E-state index in [1.165, 1.54) is 36.0 Å². The minimum absolute atomic E-state index is 0.253. The topological polar surface area (TPSA) is 26.0 Å². The molecule has 0 aromatic heterocycles. The van der Waals surface area contributed by atoms with Crippen molar-refractivity contribution in [1.29, 1.82) is 0 Å². The summed E-state index contributed by atoms with van der Waals surface area (Å²) < 4.78 is 0. The Morgan fingerprint density at radius 2 is 2.07 bits per heavy atom. The summed E-state index contributed by atoms with van der Waals surface area (Å²) in [7, 11) is 0. The van der Waals surface area contributed by atoms with E-state index in [9.17, 15) is 0 Å². The van der Waals surface area contributed by atoms with Gasteiger partial charge in [-0.15, -0.1) is 0 Å². The average molecular weight is 189 g/mol. The summed E-state index contributed by atoms with van der Waals surface area (Å²) in [5.74, 6) is 0.908. The van der Waals surface area contributed by atoms with Crippen molar-refractivity contribution in [2.75, 3.05) is 0 Å². The first-order chi connectivity index (χ1) is 6.66. The third kappa shape index (κ3) is 2.16. The number of aryl methyl sites for hydroxylation is 2. The fourth-order valence-corrected chi connectivity index (χ4v) is 2.08. The van der Waals surface area contributed by atoms with E-state index in [0.29, 0.717) is 0 Å². The molecule has 1 aromatic carbocycles. The van der Waals surface area contributed by atoms with Crippen LogP contribution in [0.3, 0.4) is 0 Å². The van der Waals surface area contributed by atoms with Crippen LogP contribution in [0, 0.1) is 19.8 Å². The Morgan fingerprint density at radius 3 is 2.64 bits per heavy atom. The summed E-state index contributed by atoms with van der Waals surface area (Å²) in [6.07, 6.45) is 3.95. The molecular weight excluding hydrogens is 170 g/mol. The molecule has 1 aromatic rings. The maximum Gasteiger partial charge on any atom is 0.0300 e. The summed E-state index contributed by atoms with van der Waals surface area (Å²) in [4.78, 5) is 0. The molecule has 0 bridgehead atoms. The summed E-state index contributed by atoms with van der Waals surface area (Å²) in [5, 5.41) is 0. The molecule has 1 unspecified atom stereocenters. The average Bonchev–Trinajstić information content (AvgIpc) is 2.87. The van der Waals surface area contributed by atoms with E-state index >= 15 is 0 Å². The highest BCUT2D eigenvalue weighted by Gasteiger charge is 2.24. The molecule has 0 saturated heterocycles. The summed E-state index contributed by atoms with van der Waals surface area (Å²) >= 11 is 0. The Kier molecular flexibility index (Phi) is 2.60. The van der Waals surface area contributed by atoms with Crippen LogP contribution in [0.2, 0.25) is 0 Å². The van der Waals surface area contributed by atoms with Gasteiger partial charge in [0, 0.05) is 6.04 Å². The molecule has 2 N–H and O–H groups in total. The second kappa shape index (κ2) is 3.74. The lowest BCUT2D eigenvalue weighted by molar-refractivity contribution is 0.594. The maximum atomic E-state index is 6.19. The molecular formula is C13H19N. The van der Waals surface area contributed by atoms with Gasteiger partial charge in [0.05, 0.1) is 0 Å². The van der Waals surface area contributed by atoms with Crippen molar-refractivity contribution in [3.63, 3.8) is 0 Å². The zero-order valence-corrected chi connectivity index (χ0v) is 9.09. The minimum Gasteiger partial charge on any atom is -0.324 e. The van der Waals surface area contributed by atoms with E-state index < -0.39 is 0 Å². The van der Waals surface area contributed by atoms with Crippen LogP contribution < -0.4 is 5.73 Å². The number of nitrogens with two attached hydrogens (primary N) is 1. The van der Waals surface area contributed by atoms with E-state index in [0.717, 1.165) is 5.92 Å². The molecule has 0 aliphatic heterocycles. The van der Waals surface area contributed by atoms with Crippen molar-refractivity contribution < 1.29 is 0 Å². The molecule has 1 heteroatoms. The fourth-order valence-electron chi connectivity index (χ4n) is 2.08. The summed E-state index contributed by atoms with van der Waals surface area (Å²) in [6, 6.07) is 6.83. The van der Waals surface area contributed by atoms with Crippen molar-refractivity contribution in [2.45, 2.75) is 39.2 Å². The quantitative estimate of drug-likeness (QED) is 0.776. The van der Waals surface area contributed by atoms with Crippen LogP contribution in [0.15, 0.2) is 18.2 Å². The molecule has 1 aliphatic carbocycles. The molecule has 1 fully saturated rings. The van der Waals surface area contributed by atoms with Gasteiger partial charge in [-0.05, 0) is 37.3 Å². The Balaban J connectivity index is 2.13. The molecule has 1 saturated carbocycles. The van der Waals surface area contributed by atoms with Gasteiger partial charge in [0.25, 0.3) is 0 Å². The van der Waals surface area contributed by atoms with E-state index in [-0.39, 0.29) is 6.04 Å². The van der Waals surface area contributed by atoms with Gasteiger partial charge in [-0.2, -0.15) is 0 Å². The van der Waals surface area contributed by atoms with E-state index in [1.54, 1.807) is 0 Å². The normalized spacial score (nSPS) is 18.2. The lowest BCUT2D eigenvalue weighted by atomic mass is 9.96. The standard InChI is InChI=1S/C13H19N/c1-9-3-6-12(10(2)7-9)13(14)8-11-4-5-11/h3,6-7,11,13H,4-5,8,14H2,1-2H3. The minimum atomic E-state index is 0.253. The van der Waals surface area contributed by atoms with Gasteiger partial charge in [-0.3, -0.25) is 0 Å². The van der Waals surface area contributed by atoms with Crippen LogP contribution in [-0.4, -0.2) is 0 Å². The largest absolute Gasteiger partial charge is 0.324 e. The van der Waals surface area contributed by atoms with Gasteiger partial charge >= 0.3 is 0 Å². The van der Waals surface area contributed by atoms with Gasteiger partial charge in [-0.1, -0.05) is 36.6 Å². The molecule has 0 spiro atoms.